The largest absolute Gasteiger partial charge is 0.485 e. The minimum Gasteiger partial charge on any atom is -0.485 e. The molecule has 1 unspecified atom stereocenters. The van der Waals surface area contributed by atoms with Crippen LogP contribution in [-0.2, 0) is 6.42 Å². The fourth-order valence-electron chi connectivity index (χ4n) is 8.94. The molecule has 0 saturated heterocycles. The molecule has 10 aromatic rings. The van der Waals surface area contributed by atoms with Crippen molar-refractivity contribution in [2.75, 3.05) is 0 Å². The summed E-state index contributed by atoms with van der Waals surface area (Å²) in [7, 11) is 0. The normalized spacial score (nSPS) is 14.9. The van der Waals surface area contributed by atoms with E-state index in [-0.39, 0.29) is 6.10 Å². The highest BCUT2D eigenvalue weighted by Gasteiger charge is 2.35. The molecule has 1 aliphatic carbocycles. The average Bonchev–Trinajstić information content (AvgIpc) is 3.93. The van der Waals surface area contributed by atoms with Crippen molar-refractivity contribution in [1.29, 1.82) is 0 Å². The fourth-order valence-corrected chi connectivity index (χ4v) is 8.94. The van der Waals surface area contributed by atoms with E-state index in [0.29, 0.717) is 0 Å². The topological polar surface area (TPSA) is 32.2 Å². The van der Waals surface area contributed by atoms with Gasteiger partial charge in [0.25, 0.3) is 0 Å². The Kier molecular flexibility index (Phi) is 5.58. The summed E-state index contributed by atoms with van der Waals surface area (Å²) in [5, 5.41) is 6.01. The third-order valence-corrected chi connectivity index (χ3v) is 11.2. The van der Waals surface area contributed by atoms with Gasteiger partial charge in [-0.15, -0.1) is 0 Å². The lowest BCUT2D eigenvalue weighted by Gasteiger charge is -2.21. The number of para-hydroxylation sites is 4. The Labute approximate surface area is 299 Å². The standard InChI is InChI=1S/C48H30N2O2/c1-5-19-41-33(15-1)37-25-39-35-17-3-7-21-45(35)51-47(39)27-43(37)49(41)31-13-9-11-29(23-31)30-12-10-14-32(24-30)50-42-20-6-2-16-34(42)38-26-40-36-18-4-8-22-46(36)52-48(40)28-44(38)50/h1-27,48H,28H2. The highest BCUT2D eigenvalue weighted by molar-refractivity contribution is 6.17. The van der Waals surface area contributed by atoms with E-state index in [1.807, 2.05) is 12.1 Å². The zero-order valence-electron chi connectivity index (χ0n) is 28.1. The van der Waals surface area contributed by atoms with E-state index in [4.69, 9.17) is 9.15 Å². The highest BCUT2D eigenvalue weighted by atomic mass is 16.5. The van der Waals surface area contributed by atoms with Gasteiger partial charge in [0.05, 0.1) is 16.6 Å². The Morgan fingerprint density at radius 2 is 1.15 bits per heavy atom. The number of fused-ring (bicyclic) bond motifs is 12. The van der Waals surface area contributed by atoms with E-state index in [1.54, 1.807) is 0 Å². The second-order valence-electron chi connectivity index (χ2n) is 14.0. The fraction of sp³-hybridized carbons (Fsp3) is 0.0417. The molecule has 4 nitrogen and oxygen atoms in total. The predicted molar refractivity (Wildman–Crippen MR) is 213 cm³/mol. The van der Waals surface area contributed by atoms with Gasteiger partial charge < -0.3 is 18.3 Å². The number of rotatable bonds is 3. The van der Waals surface area contributed by atoms with Gasteiger partial charge in [0.2, 0.25) is 0 Å². The summed E-state index contributed by atoms with van der Waals surface area (Å²) in [6.07, 6.45) is 3.20. The number of furan rings is 1. The molecule has 3 aromatic heterocycles. The molecule has 2 aliphatic rings. The van der Waals surface area contributed by atoms with Crippen molar-refractivity contribution in [3.8, 4) is 28.3 Å². The molecule has 12 rings (SSSR count). The maximum Gasteiger partial charge on any atom is 0.137 e. The van der Waals surface area contributed by atoms with Gasteiger partial charge in [0.15, 0.2) is 0 Å². The molecule has 4 heterocycles. The van der Waals surface area contributed by atoms with Gasteiger partial charge in [-0.1, -0.05) is 97.1 Å². The molecule has 52 heavy (non-hydrogen) atoms. The van der Waals surface area contributed by atoms with Gasteiger partial charge in [0.1, 0.15) is 23.0 Å². The molecule has 0 bridgehead atoms. The molecule has 4 heteroatoms. The first kappa shape index (κ1) is 28.0. The number of nitrogens with zero attached hydrogens (tertiary/aromatic N) is 2. The van der Waals surface area contributed by atoms with Crippen LogP contribution in [0.5, 0.6) is 5.75 Å². The number of hydrogen-bond donors (Lipinski definition) is 0. The molecule has 0 N–H and O–H groups in total. The van der Waals surface area contributed by atoms with Crippen LogP contribution < -0.4 is 4.74 Å². The number of hydrogen-bond acceptors (Lipinski definition) is 2. The van der Waals surface area contributed by atoms with Crippen LogP contribution in [0.3, 0.4) is 0 Å². The molecular weight excluding hydrogens is 637 g/mol. The van der Waals surface area contributed by atoms with E-state index >= 15 is 0 Å². The Morgan fingerprint density at radius 1 is 0.481 bits per heavy atom. The smallest absolute Gasteiger partial charge is 0.137 e. The van der Waals surface area contributed by atoms with Crippen LogP contribution in [0.15, 0.2) is 162 Å². The van der Waals surface area contributed by atoms with Gasteiger partial charge in [-0.25, -0.2) is 0 Å². The van der Waals surface area contributed by atoms with E-state index in [0.717, 1.165) is 56.6 Å². The second kappa shape index (κ2) is 10.4. The molecule has 0 radical (unpaired) electrons. The van der Waals surface area contributed by atoms with Crippen LogP contribution in [0.2, 0.25) is 0 Å². The quantitative estimate of drug-likeness (QED) is 0.188. The summed E-state index contributed by atoms with van der Waals surface area (Å²) in [5.41, 5.74) is 15.0. The van der Waals surface area contributed by atoms with Crippen LogP contribution in [-0.4, -0.2) is 15.2 Å². The molecule has 7 aromatic carbocycles. The van der Waals surface area contributed by atoms with E-state index in [9.17, 15) is 0 Å². The number of ether oxygens (including phenoxy) is 1. The van der Waals surface area contributed by atoms with Crippen molar-refractivity contribution in [3.05, 3.63) is 175 Å². The zero-order valence-corrected chi connectivity index (χ0v) is 28.1. The number of benzene rings is 7. The van der Waals surface area contributed by atoms with Crippen LogP contribution in [0.4, 0.5) is 0 Å². The SMILES string of the molecule is C1=C2c3ccccc3OC2Cc2c1c1ccccc1n2-c1cccc(-c2cccc(-n3c4ccccc4c4cc5c(cc43)oc3ccccc35)c2)c1. The van der Waals surface area contributed by atoms with Crippen molar-refractivity contribution in [3.63, 3.8) is 0 Å². The van der Waals surface area contributed by atoms with Gasteiger partial charge in [-0.3, -0.25) is 0 Å². The van der Waals surface area contributed by atoms with Crippen LogP contribution >= 0.6 is 0 Å². The Balaban J connectivity index is 1.01. The summed E-state index contributed by atoms with van der Waals surface area (Å²) in [4.78, 5) is 0. The van der Waals surface area contributed by atoms with Crippen LogP contribution in [0.25, 0.3) is 88.8 Å². The summed E-state index contributed by atoms with van der Waals surface area (Å²) in [5.74, 6) is 0.979. The minimum absolute atomic E-state index is 0.0137. The van der Waals surface area contributed by atoms with Crippen LogP contribution in [0, 0.1) is 0 Å². The molecule has 1 atom stereocenters. The molecule has 1 aliphatic heterocycles. The summed E-state index contributed by atoms with van der Waals surface area (Å²) < 4.78 is 17.7. The first-order chi connectivity index (χ1) is 25.8. The van der Waals surface area contributed by atoms with Gasteiger partial charge in [-0.2, -0.15) is 0 Å². The Bertz CT molecular complexity index is 3150. The van der Waals surface area contributed by atoms with E-state index < -0.39 is 0 Å². The third kappa shape index (κ3) is 3.86. The summed E-state index contributed by atoms with van der Waals surface area (Å²) in [6.45, 7) is 0. The monoisotopic (exact) mass is 666 g/mol. The van der Waals surface area contributed by atoms with Crippen molar-refractivity contribution in [1.82, 2.24) is 9.13 Å². The Morgan fingerprint density at radius 3 is 1.98 bits per heavy atom. The molecule has 0 amide bonds. The van der Waals surface area contributed by atoms with E-state index in [1.165, 1.54) is 55.1 Å². The maximum atomic E-state index is 6.51. The maximum absolute atomic E-state index is 6.51. The highest BCUT2D eigenvalue weighted by Crippen LogP contribution is 2.46. The molecule has 0 fully saturated rings. The molecule has 244 valence electrons. The van der Waals surface area contributed by atoms with Crippen LogP contribution in [0.1, 0.15) is 16.8 Å². The number of aromatic nitrogens is 2. The van der Waals surface area contributed by atoms with Gasteiger partial charge in [0, 0.05) is 73.2 Å². The van der Waals surface area contributed by atoms with Crippen molar-refractivity contribution >= 4 is 66.3 Å². The zero-order chi connectivity index (χ0) is 33.9. The average molecular weight is 667 g/mol. The predicted octanol–water partition coefficient (Wildman–Crippen LogP) is 12.2. The lowest BCUT2D eigenvalue weighted by atomic mass is 9.90. The Hall–Kier alpha value is -6.78. The van der Waals surface area contributed by atoms with E-state index in [2.05, 4.69) is 161 Å². The van der Waals surface area contributed by atoms with Gasteiger partial charge in [-0.05, 0) is 71.8 Å². The molecular formula is C48H30N2O2. The first-order valence-corrected chi connectivity index (χ1v) is 17.9. The lowest BCUT2D eigenvalue weighted by Crippen LogP contribution is -2.21. The van der Waals surface area contributed by atoms with Crippen molar-refractivity contribution in [2.24, 2.45) is 0 Å². The lowest BCUT2D eigenvalue weighted by molar-refractivity contribution is 0.274. The summed E-state index contributed by atoms with van der Waals surface area (Å²) in [6, 6.07) is 56.6. The molecule has 0 saturated carbocycles. The first-order valence-electron chi connectivity index (χ1n) is 17.9. The van der Waals surface area contributed by atoms with Crippen molar-refractivity contribution in [2.45, 2.75) is 12.5 Å². The van der Waals surface area contributed by atoms with Gasteiger partial charge >= 0.3 is 0 Å². The molecule has 0 spiro atoms. The second-order valence-corrected chi connectivity index (χ2v) is 14.0. The third-order valence-electron chi connectivity index (χ3n) is 11.2. The summed E-state index contributed by atoms with van der Waals surface area (Å²) >= 11 is 0. The minimum atomic E-state index is 0.0137. The van der Waals surface area contributed by atoms with Crippen molar-refractivity contribution < 1.29 is 9.15 Å².